The molecule has 34 heavy (non-hydrogen) atoms. The number of esters is 1. The lowest BCUT2D eigenvalue weighted by Crippen LogP contribution is -2.49. The Bertz CT molecular complexity index is 1240. The molecule has 0 unspecified atom stereocenters. The van der Waals surface area contributed by atoms with Gasteiger partial charge in [0.2, 0.25) is 5.78 Å². The van der Waals surface area contributed by atoms with Crippen LogP contribution in [0.3, 0.4) is 0 Å². The maximum Gasteiger partial charge on any atom is 0.316 e. The Morgan fingerprint density at radius 1 is 0.971 bits per heavy atom. The summed E-state index contributed by atoms with van der Waals surface area (Å²) in [6.07, 6.45) is 0. The van der Waals surface area contributed by atoms with Crippen LogP contribution in [0.4, 0.5) is 0 Å². The molecule has 1 amide bonds. The first kappa shape index (κ1) is 23.7. The molecule has 0 aromatic heterocycles. The summed E-state index contributed by atoms with van der Waals surface area (Å²) in [6, 6.07) is 6.65. The number of thiocarbonyl (C=S) groups is 1. The molecule has 0 bridgehead atoms. The van der Waals surface area contributed by atoms with Gasteiger partial charge in [0, 0.05) is 42.9 Å². The Labute approximate surface area is 204 Å². The molecule has 2 aromatic carbocycles. The predicted molar refractivity (Wildman–Crippen MR) is 128 cm³/mol. The minimum Gasteiger partial charge on any atom is -0.507 e. The predicted octanol–water partition coefficient (Wildman–Crippen LogP) is 1.82. The number of carbonyl (C=O) groups excluding carboxylic acids is 4. The van der Waals surface area contributed by atoms with Crippen LogP contribution < -0.4 is 0 Å². The monoisotopic (exact) mass is 500 g/mol. The van der Waals surface area contributed by atoms with Gasteiger partial charge in [-0.05, 0) is 18.2 Å². The zero-order chi connectivity index (χ0) is 24.6. The van der Waals surface area contributed by atoms with E-state index >= 15 is 0 Å². The van der Waals surface area contributed by atoms with E-state index in [1.165, 1.54) is 49.2 Å². The minimum atomic E-state index is -0.675. The molecule has 0 spiro atoms. The number of thioether (sulfide) groups is 1. The third kappa shape index (κ3) is 4.24. The van der Waals surface area contributed by atoms with Gasteiger partial charge in [-0.15, -0.1) is 0 Å². The highest BCUT2D eigenvalue weighted by atomic mass is 32.2. The lowest BCUT2D eigenvalue weighted by molar-refractivity contribution is -0.137. The highest BCUT2D eigenvalue weighted by Crippen LogP contribution is 2.37. The van der Waals surface area contributed by atoms with Gasteiger partial charge in [0.15, 0.2) is 5.78 Å². The lowest BCUT2D eigenvalue weighted by Gasteiger charge is -2.36. The quantitative estimate of drug-likeness (QED) is 0.406. The summed E-state index contributed by atoms with van der Waals surface area (Å²) in [5, 5.41) is 20.6. The zero-order valence-electron chi connectivity index (χ0n) is 18.1. The Morgan fingerprint density at radius 2 is 1.62 bits per heavy atom. The molecule has 176 valence electrons. The molecule has 0 radical (unpaired) electrons. The number of ether oxygens (including phenoxy) is 1. The topological polar surface area (TPSA) is 124 Å². The molecular formula is C23H20N2O7S2. The second-order valence-electron chi connectivity index (χ2n) is 7.69. The van der Waals surface area contributed by atoms with E-state index in [4.69, 9.17) is 12.2 Å². The van der Waals surface area contributed by atoms with Crippen molar-refractivity contribution in [1.29, 1.82) is 0 Å². The van der Waals surface area contributed by atoms with Gasteiger partial charge >= 0.3 is 5.97 Å². The maximum absolute atomic E-state index is 13.1. The largest absolute Gasteiger partial charge is 0.507 e. The van der Waals surface area contributed by atoms with Crippen LogP contribution in [0.2, 0.25) is 0 Å². The van der Waals surface area contributed by atoms with E-state index in [2.05, 4.69) is 4.74 Å². The molecule has 11 heteroatoms. The van der Waals surface area contributed by atoms with Crippen molar-refractivity contribution in [3.8, 4) is 11.5 Å². The number of benzene rings is 2. The molecule has 1 fully saturated rings. The van der Waals surface area contributed by atoms with Crippen molar-refractivity contribution in [1.82, 2.24) is 9.80 Å². The summed E-state index contributed by atoms with van der Waals surface area (Å²) >= 11 is 6.54. The van der Waals surface area contributed by atoms with Crippen LogP contribution in [0.1, 0.15) is 42.2 Å². The number of phenolic OH excluding ortho intramolecular Hbond substituents is 2. The average molecular weight is 501 g/mol. The highest BCUT2D eigenvalue weighted by Gasteiger charge is 2.35. The van der Waals surface area contributed by atoms with Crippen molar-refractivity contribution in [3.63, 3.8) is 0 Å². The molecule has 2 N–H and O–H groups in total. The van der Waals surface area contributed by atoms with Gasteiger partial charge < -0.3 is 24.7 Å². The van der Waals surface area contributed by atoms with Crippen LogP contribution >= 0.6 is 24.0 Å². The van der Waals surface area contributed by atoms with E-state index in [9.17, 15) is 29.4 Å². The van der Waals surface area contributed by atoms with Crippen molar-refractivity contribution in [2.75, 3.05) is 39.0 Å². The first-order valence-corrected chi connectivity index (χ1v) is 11.7. The fourth-order valence-electron chi connectivity index (χ4n) is 3.95. The van der Waals surface area contributed by atoms with E-state index in [-0.39, 0.29) is 45.3 Å². The molecule has 2 aromatic rings. The third-order valence-corrected chi connectivity index (χ3v) is 7.21. The van der Waals surface area contributed by atoms with Crippen molar-refractivity contribution < 1.29 is 34.1 Å². The molecule has 9 nitrogen and oxygen atoms in total. The van der Waals surface area contributed by atoms with E-state index in [0.717, 1.165) is 0 Å². The Hall–Kier alpha value is -3.44. The van der Waals surface area contributed by atoms with Gasteiger partial charge in [0.1, 0.15) is 15.8 Å². The first-order chi connectivity index (χ1) is 16.2. The standard InChI is InChI=1S/C23H20N2O7S2/c1-32-17(28)11-34-23(33)25-7-5-24(6-8-25)22(31)12-9-14-19(16(27)10-12)21(30)18-13(20(14)29)3-2-4-15(18)26/h2-4,9-10,26-27H,5-8,11H2,1H3. The SMILES string of the molecule is COC(=O)CSC(=S)N1CCN(C(=O)c2cc(O)c3c(c2)C(=O)c2cccc(O)c2C3=O)CC1. The molecule has 1 aliphatic heterocycles. The van der Waals surface area contributed by atoms with Crippen LogP contribution in [0, 0.1) is 0 Å². The van der Waals surface area contributed by atoms with Crippen LogP contribution in [-0.4, -0.2) is 86.8 Å². The number of hydrogen-bond donors (Lipinski definition) is 2. The van der Waals surface area contributed by atoms with Crippen molar-refractivity contribution in [3.05, 3.63) is 58.1 Å². The van der Waals surface area contributed by atoms with Crippen molar-refractivity contribution in [2.24, 2.45) is 0 Å². The smallest absolute Gasteiger partial charge is 0.316 e. The molecule has 0 atom stereocenters. The fraction of sp³-hybridized carbons (Fsp3) is 0.261. The molecule has 1 heterocycles. The number of piperazine rings is 1. The normalized spacial score (nSPS) is 15.0. The summed E-state index contributed by atoms with van der Waals surface area (Å²) in [5.41, 5.74) is -0.365. The Kier molecular flexibility index (Phi) is 6.58. The van der Waals surface area contributed by atoms with Crippen molar-refractivity contribution in [2.45, 2.75) is 0 Å². The van der Waals surface area contributed by atoms with E-state index in [1.807, 2.05) is 4.90 Å². The van der Waals surface area contributed by atoms with E-state index < -0.39 is 23.2 Å². The van der Waals surface area contributed by atoms with E-state index in [0.29, 0.717) is 30.5 Å². The number of nitrogens with zero attached hydrogens (tertiary/aromatic N) is 2. The number of rotatable bonds is 3. The number of fused-ring (bicyclic) bond motifs is 2. The Balaban J connectivity index is 1.51. The van der Waals surface area contributed by atoms with Crippen LogP contribution in [0.15, 0.2) is 30.3 Å². The molecule has 2 aliphatic rings. The number of hydrogen-bond acceptors (Lipinski definition) is 9. The average Bonchev–Trinajstić information content (AvgIpc) is 2.84. The molecule has 1 saturated heterocycles. The number of aromatic hydroxyl groups is 2. The van der Waals surface area contributed by atoms with Crippen LogP contribution in [0.25, 0.3) is 0 Å². The second-order valence-corrected chi connectivity index (χ2v) is 9.30. The minimum absolute atomic E-state index is 0.0214. The van der Waals surface area contributed by atoms with Crippen LogP contribution in [0.5, 0.6) is 11.5 Å². The number of methoxy groups -OCH3 is 1. The van der Waals surface area contributed by atoms with Gasteiger partial charge in [0.25, 0.3) is 5.91 Å². The fourth-order valence-corrected chi connectivity index (χ4v) is 5.04. The Morgan fingerprint density at radius 3 is 2.29 bits per heavy atom. The lowest BCUT2D eigenvalue weighted by atomic mass is 9.82. The van der Waals surface area contributed by atoms with Gasteiger partial charge in [-0.1, -0.05) is 36.1 Å². The number of amides is 1. The first-order valence-electron chi connectivity index (χ1n) is 10.3. The maximum atomic E-state index is 13.1. The van der Waals surface area contributed by atoms with Crippen molar-refractivity contribution >= 4 is 51.7 Å². The summed E-state index contributed by atoms with van der Waals surface area (Å²) in [4.78, 5) is 53.8. The molecule has 1 aliphatic carbocycles. The zero-order valence-corrected chi connectivity index (χ0v) is 19.7. The summed E-state index contributed by atoms with van der Waals surface area (Å²) in [5.74, 6) is -2.73. The van der Waals surface area contributed by atoms with Gasteiger partial charge in [-0.25, -0.2) is 0 Å². The third-order valence-electron chi connectivity index (χ3n) is 5.72. The highest BCUT2D eigenvalue weighted by molar-refractivity contribution is 8.23. The number of carbonyl (C=O) groups is 4. The van der Waals surface area contributed by atoms with Gasteiger partial charge in [0.05, 0.1) is 24.0 Å². The van der Waals surface area contributed by atoms with E-state index in [1.54, 1.807) is 4.90 Å². The number of ketones is 2. The van der Waals surface area contributed by atoms with Gasteiger partial charge in [-0.2, -0.15) is 0 Å². The molecular weight excluding hydrogens is 480 g/mol. The molecule has 0 saturated carbocycles. The second kappa shape index (κ2) is 9.43. The van der Waals surface area contributed by atoms with Crippen LogP contribution in [-0.2, 0) is 9.53 Å². The van der Waals surface area contributed by atoms with Gasteiger partial charge in [-0.3, -0.25) is 19.2 Å². The summed E-state index contributed by atoms with van der Waals surface area (Å²) in [7, 11) is 1.31. The number of phenols is 2. The molecule has 4 rings (SSSR count). The summed E-state index contributed by atoms with van der Waals surface area (Å²) < 4.78 is 5.14. The summed E-state index contributed by atoms with van der Waals surface area (Å²) in [6.45, 7) is 1.61.